The van der Waals surface area contributed by atoms with Gasteiger partial charge in [-0.05, 0) is 41.5 Å². The largest absolute Gasteiger partial charge is 0.467 e. The van der Waals surface area contributed by atoms with Crippen molar-refractivity contribution in [3.05, 3.63) is 12.2 Å². The van der Waals surface area contributed by atoms with Crippen LogP contribution in [0.1, 0.15) is 56.4 Å². The zero-order chi connectivity index (χ0) is 26.9. The van der Waals surface area contributed by atoms with Crippen LogP contribution in [-0.4, -0.2) is 90.4 Å². The summed E-state index contributed by atoms with van der Waals surface area (Å²) in [4.78, 5) is 49.0. The maximum atomic E-state index is 13.4. The molecule has 0 radical (unpaired) electrons. The SMILES string of the molecule is C.C.COC(=O)[C@@H]1C=CCN1C(=O)OC(C)(C)C.COC(=O)[C@@H]1[C@@H]2[C@H](CN1C(=O)OC(C)(C)C)C2(F)F. The standard InChI is InChI=1S/C12H17F2NO4.C11H17NO4.2CH4/c1-11(2,3)19-10(17)15-5-6-7(12(6,13)14)8(15)9(16)18-4;1-11(2,3)16-10(14)12-7-5-6-8(12)9(13)15-4;;/h6-8H,5H2,1-4H3;5-6,8H,7H2,1-4H3;2*1H4/t6-,7-,8-;8-;;/m00../s1. The number of piperidine rings is 1. The number of hydrogen-bond donors (Lipinski definition) is 0. The van der Waals surface area contributed by atoms with Crippen LogP contribution in [0.4, 0.5) is 18.4 Å². The highest BCUT2D eigenvalue weighted by Crippen LogP contribution is 2.62. The molecular formula is C25H42F2N2O8. The van der Waals surface area contributed by atoms with Crippen molar-refractivity contribution in [3.8, 4) is 0 Å². The summed E-state index contributed by atoms with van der Waals surface area (Å²) >= 11 is 0. The van der Waals surface area contributed by atoms with Gasteiger partial charge < -0.3 is 18.9 Å². The van der Waals surface area contributed by atoms with Crippen LogP contribution < -0.4 is 0 Å². The van der Waals surface area contributed by atoms with E-state index in [1.54, 1.807) is 53.7 Å². The molecule has 0 unspecified atom stereocenters. The number of rotatable bonds is 2. The average Bonchev–Trinajstić information content (AvgIpc) is 3.16. The quantitative estimate of drug-likeness (QED) is 0.292. The number of fused-ring (bicyclic) bond motifs is 1. The molecule has 1 saturated carbocycles. The summed E-state index contributed by atoms with van der Waals surface area (Å²) in [7, 11) is 2.41. The number of halogens is 2. The first-order valence-corrected chi connectivity index (χ1v) is 11.1. The summed E-state index contributed by atoms with van der Waals surface area (Å²) < 4.78 is 46.2. The number of ether oxygens (including phenoxy) is 4. The Bertz CT molecular complexity index is 879. The van der Waals surface area contributed by atoms with Crippen LogP contribution in [0.3, 0.4) is 0 Å². The lowest BCUT2D eigenvalue weighted by Gasteiger charge is -2.29. The number of carbonyl (C=O) groups is 4. The molecule has 1 saturated heterocycles. The number of amides is 2. The van der Waals surface area contributed by atoms with Gasteiger partial charge in [-0.2, -0.15) is 0 Å². The molecule has 214 valence electrons. The summed E-state index contributed by atoms with van der Waals surface area (Å²) in [5.41, 5.74) is -1.31. The van der Waals surface area contributed by atoms with E-state index in [2.05, 4.69) is 9.47 Å². The second-order valence-corrected chi connectivity index (χ2v) is 10.4. The van der Waals surface area contributed by atoms with Crippen molar-refractivity contribution < 1.29 is 46.9 Å². The Kier molecular flexibility index (Phi) is 11.1. The van der Waals surface area contributed by atoms with Gasteiger partial charge in [-0.3, -0.25) is 9.80 Å². The van der Waals surface area contributed by atoms with E-state index in [9.17, 15) is 28.0 Å². The highest BCUT2D eigenvalue weighted by Gasteiger charge is 2.78. The minimum Gasteiger partial charge on any atom is -0.467 e. The molecule has 2 aliphatic heterocycles. The summed E-state index contributed by atoms with van der Waals surface area (Å²) in [6.07, 6.45) is 2.11. The maximum Gasteiger partial charge on any atom is 0.411 e. The third kappa shape index (κ3) is 8.03. The fourth-order valence-electron chi connectivity index (χ4n) is 3.86. The molecule has 4 atom stereocenters. The van der Waals surface area contributed by atoms with Gasteiger partial charge in [0.05, 0.1) is 26.1 Å². The van der Waals surface area contributed by atoms with Crippen molar-refractivity contribution in [1.29, 1.82) is 0 Å². The van der Waals surface area contributed by atoms with Crippen LogP contribution in [0, 0.1) is 11.8 Å². The number of methoxy groups -OCH3 is 2. The van der Waals surface area contributed by atoms with Crippen LogP contribution in [0.5, 0.6) is 0 Å². The van der Waals surface area contributed by atoms with Crippen molar-refractivity contribution in [3.63, 3.8) is 0 Å². The van der Waals surface area contributed by atoms with Crippen molar-refractivity contribution in [1.82, 2.24) is 9.80 Å². The third-order valence-corrected chi connectivity index (χ3v) is 5.43. The third-order valence-electron chi connectivity index (χ3n) is 5.43. The van der Waals surface area contributed by atoms with Crippen LogP contribution >= 0.6 is 0 Å². The van der Waals surface area contributed by atoms with Gasteiger partial charge in [-0.15, -0.1) is 0 Å². The Morgan fingerprint density at radius 3 is 1.73 bits per heavy atom. The molecule has 0 N–H and O–H groups in total. The van der Waals surface area contributed by atoms with Crippen molar-refractivity contribution >= 4 is 24.1 Å². The molecule has 12 heteroatoms. The fourth-order valence-corrected chi connectivity index (χ4v) is 3.86. The highest BCUT2D eigenvalue weighted by atomic mass is 19.3. The Morgan fingerprint density at radius 2 is 1.30 bits per heavy atom. The van der Waals surface area contributed by atoms with Crippen molar-refractivity contribution in [2.45, 2.75) is 85.6 Å². The zero-order valence-electron chi connectivity index (χ0n) is 21.3. The number of nitrogens with zero attached hydrogens (tertiary/aromatic N) is 2. The predicted molar refractivity (Wildman–Crippen MR) is 132 cm³/mol. The predicted octanol–water partition coefficient (Wildman–Crippen LogP) is 4.27. The number of carbonyl (C=O) groups excluding carboxylic acids is 4. The number of alkyl halides is 2. The molecule has 0 bridgehead atoms. The van der Waals surface area contributed by atoms with E-state index >= 15 is 0 Å². The summed E-state index contributed by atoms with van der Waals surface area (Å²) in [6, 6.07) is -1.92. The van der Waals surface area contributed by atoms with Crippen LogP contribution in [-0.2, 0) is 28.5 Å². The second kappa shape index (κ2) is 12.1. The Labute approximate surface area is 218 Å². The van der Waals surface area contributed by atoms with Gasteiger partial charge in [0, 0.05) is 13.1 Å². The first-order chi connectivity index (χ1) is 15.9. The maximum absolute atomic E-state index is 13.4. The minimum absolute atomic E-state index is 0. The fraction of sp³-hybridized carbons (Fsp3) is 0.760. The molecule has 37 heavy (non-hydrogen) atoms. The van der Waals surface area contributed by atoms with E-state index in [-0.39, 0.29) is 21.4 Å². The lowest BCUT2D eigenvalue weighted by Crippen LogP contribution is -2.48. The van der Waals surface area contributed by atoms with E-state index in [1.807, 2.05) is 0 Å². The Hall–Kier alpha value is -2.92. The smallest absolute Gasteiger partial charge is 0.411 e. The number of likely N-dealkylation sites (tertiary alicyclic amines) is 1. The van der Waals surface area contributed by atoms with Gasteiger partial charge in [0.25, 0.3) is 5.92 Å². The zero-order valence-corrected chi connectivity index (χ0v) is 21.3. The highest BCUT2D eigenvalue weighted by molar-refractivity contribution is 5.85. The molecule has 10 nitrogen and oxygen atoms in total. The summed E-state index contributed by atoms with van der Waals surface area (Å²) in [5, 5.41) is 0. The van der Waals surface area contributed by atoms with Crippen molar-refractivity contribution in [2.75, 3.05) is 27.3 Å². The lowest BCUT2D eigenvalue weighted by atomic mass is 10.2. The first-order valence-electron chi connectivity index (χ1n) is 11.1. The molecule has 2 fully saturated rings. The van der Waals surface area contributed by atoms with E-state index in [0.29, 0.717) is 6.54 Å². The molecule has 0 aromatic carbocycles. The average molecular weight is 537 g/mol. The molecule has 2 amide bonds. The van der Waals surface area contributed by atoms with Crippen LogP contribution in [0.15, 0.2) is 12.2 Å². The molecule has 2 heterocycles. The van der Waals surface area contributed by atoms with Gasteiger partial charge in [0.2, 0.25) is 0 Å². The lowest BCUT2D eigenvalue weighted by molar-refractivity contribution is -0.148. The van der Waals surface area contributed by atoms with Crippen LogP contribution in [0.25, 0.3) is 0 Å². The van der Waals surface area contributed by atoms with E-state index in [0.717, 1.165) is 12.0 Å². The van der Waals surface area contributed by atoms with Gasteiger partial charge in [0.15, 0.2) is 6.04 Å². The van der Waals surface area contributed by atoms with Gasteiger partial charge in [-0.1, -0.05) is 27.0 Å². The Balaban J connectivity index is 0.000000674. The topological polar surface area (TPSA) is 112 Å². The van der Waals surface area contributed by atoms with Gasteiger partial charge >= 0.3 is 24.1 Å². The van der Waals surface area contributed by atoms with Gasteiger partial charge in [0.1, 0.15) is 17.2 Å². The molecule has 1 aliphatic carbocycles. The summed E-state index contributed by atoms with van der Waals surface area (Å²) in [5.74, 6) is -6.29. The second-order valence-electron chi connectivity index (χ2n) is 10.4. The molecule has 0 aromatic rings. The molecule has 0 spiro atoms. The number of hydrogen-bond acceptors (Lipinski definition) is 8. The monoisotopic (exact) mass is 536 g/mol. The van der Waals surface area contributed by atoms with E-state index < -0.39 is 65.2 Å². The first kappa shape index (κ1) is 34.1. The normalized spacial score (nSPS) is 24.8. The summed E-state index contributed by atoms with van der Waals surface area (Å²) in [6.45, 7) is 10.5. The minimum atomic E-state index is -2.89. The molecule has 3 rings (SSSR count). The van der Waals surface area contributed by atoms with Crippen molar-refractivity contribution in [2.24, 2.45) is 11.8 Å². The van der Waals surface area contributed by atoms with Gasteiger partial charge in [-0.25, -0.2) is 28.0 Å². The van der Waals surface area contributed by atoms with E-state index in [4.69, 9.17) is 9.47 Å². The number of esters is 2. The molecule has 3 aliphatic rings. The molecule has 0 aromatic heterocycles. The van der Waals surface area contributed by atoms with E-state index in [1.165, 1.54) is 12.0 Å². The van der Waals surface area contributed by atoms with Crippen LogP contribution in [0.2, 0.25) is 0 Å². The molecular weight excluding hydrogens is 494 g/mol. The Morgan fingerprint density at radius 1 is 0.838 bits per heavy atom.